The fourth-order valence-electron chi connectivity index (χ4n) is 2.41. The predicted octanol–water partition coefficient (Wildman–Crippen LogP) is 1.12. The van der Waals surface area contributed by atoms with Crippen LogP contribution in [-0.4, -0.2) is 25.6 Å². The Kier molecular flexibility index (Phi) is 3.60. The van der Waals surface area contributed by atoms with Crippen molar-refractivity contribution in [2.75, 3.05) is 24.3 Å². The Bertz CT molecular complexity index is 448. The van der Waals surface area contributed by atoms with E-state index in [0.717, 1.165) is 37.2 Å². The summed E-state index contributed by atoms with van der Waals surface area (Å²) in [5.41, 5.74) is 12.9. The zero-order chi connectivity index (χ0) is 13.1. The Balaban J connectivity index is 2.35. The molecule has 1 aromatic carbocycles. The van der Waals surface area contributed by atoms with E-state index in [0.29, 0.717) is 5.69 Å². The average Bonchev–Trinajstić information content (AvgIpc) is 2.39. The molecule has 0 radical (unpaired) electrons. The normalized spacial score (nSPS) is 19.6. The standard InChI is InChI=1S/C13H19N3O2/c1-18-9-5-6-10(14)12(8-9)16-7-3-2-4-11(16)13(15)17/h5-6,8,11H,2-4,7,14H2,1H3,(H2,15,17). The lowest BCUT2D eigenvalue weighted by atomic mass is 10.00. The van der Waals surface area contributed by atoms with Crippen LogP contribution >= 0.6 is 0 Å². The minimum Gasteiger partial charge on any atom is -0.497 e. The van der Waals surface area contributed by atoms with Crippen molar-refractivity contribution in [1.29, 1.82) is 0 Å². The molecule has 1 atom stereocenters. The summed E-state index contributed by atoms with van der Waals surface area (Å²) in [6, 6.07) is 5.19. The summed E-state index contributed by atoms with van der Waals surface area (Å²) in [6.07, 6.45) is 2.85. The van der Waals surface area contributed by atoms with Crippen LogP contribution in [0.2, 0.25) is 0 Å². The smallest absolute Gasteiger partial charge is 0.240 e. The largest absolute Gasteiger partial charge is 0.497 e. The molecular formula is C13H19N3O2. The van der Waals surface area contributed by atoms with Gasteiger partial charge >= 0.3 is 0 Å². The minimum absolute atomic E-state index is 0.270. The van der Waals surface area contributed by atoms with Crippen molar-refractivity contribution in [2.45, 2.75) is 25.3 Å². The van der Waals surface area contributed by atoms with E-state index in [9.17, 15) is 4.79 Å². The second-order valence-electron chi connectivity index (χ2n) is 4.53. The van der Waals surface area contributed by atoms with E-state index in [1.54, 1.807) is 13.2 Å². The van der Waals surface area contributed by atoms with E-state index in [-0.39, 0.29) is 11.9 Å². The molecule has 0 saturated carbocycles. The lowest BCUT2D eigenvalue weighted by Gasteiger charge is -2.36. The number of anilines is 2. The summed E-state index contributed by atoms with van der Waals surface area (Å²) in [6.45, 7) is 0.797. The lowest BCUT2D eigenvalue weighted by Crippen LogP contribution is -2.48. The van der Waals surface area contributed by atoms with Crippen LogP contribution in [0.4, 0.5) is 11.4 Å². The number of methoxy groups -OCH3 is 1. The highest BCUT2D eigenvalue weighted by atomic mass is 16.5. The van der Waals surface area contributed by atoms with E-state index < -0.39 is 0 Å². The summed E-state index contributed by atoms with van der Waals surface area (Å²) in [5.74, 6) is 0.435. The van der Waals surface area contributed by atoms with Gasteiger partial charge in [0.05, 0.1) is 18.5 Å². The molecule has 1 unspecified atom stereocenters. The molecule has 1 aromatic rings. The fraction of sp³-hybridized carbons (Fsp3) is 0.462. The molecule has 18 heavy (non-hydrogen) atoms. The SMILES string of the molecule is COc1ccc(N)c(N2CCCCC2C(N)=O)c1. The van der Waals surface area contributed by atoms with Gasteiger partial charge in [-0.25, -0.2) is 0 Å². The molecule has 0 aliphatic carbocycles. The first kappa shape index (κ1) is 12.5. The number of nitrogens with zero attached hydrogens (tertiary/aromatic N) is 1. The molecule has 98 valence electrons. The maximum atomic E-state index is 11.5. The molecule has 0 bridgehead atoms. The van der Waals surface area contributed by atoms with Crippen LogP contribution in [0, 0.1) is 0 Å². The van der Waals surface area contributed by atoms with Crippen LogP contribution in [0.25, 0.3) is 0 Å². The highest BCUT2D eigenvalue weighted by molar-refractivity contribution is 5.85. The van der Waals surface area contributed by atoms with E-state index >= 15 is 0 Å². The van der Waals surface area contributed by atoms with Crippen molar-refractivity contribution in [3.05, 3.63) is 18.2 Å². The topological polar surface area (TPSA) is 81.6 Å². The van der Waals surface area contributed by atoms with Gasteiger partial charge < -0.3 is 21.1 Å². The molecule has 1 aliphatic heterocycles. The average molecular weight is 249 g/mol. The summed E-state index contributed by atoms with van der Waals surface area (Å²) in [5, 5.41) is 0. The second kappa shape index (κ2) is 5.16. The van der Waals surface area contributed by atoms with Crippen LogP contribution in [-0.2, 0) is 4.79 Å². The third-order valence-corrected chi connectivity index (χ3v) is 3.38. The van der Waals surface area contributed by atoms with E-state index in [1.165, 1.54) is 0 Å². The molecular weight excluding hydrogens is 230 g/mol. The maximum absolute atomic E-state index is 11.5. The van der Waals surface area contributed by atoms with Crippen molar-refractivity contribution in [3.8, 4) is 5.75 Å². The van der Waals surface area contributed by atoms with Gasteiger partial charge in [-0.15, -0.1) is 0 Å². The monoisotopic (exact) mass is 249 g/mol. The summed E-state index contributed by atoms with van der Waals surface area (Å²) >= 11 is 0. The Morgan fingerprint density at radius 1 is 1.44 bits per heavy atom. The van der Waals surface area contributed by atoms with E-state index in [4.69, 9.17) is 16.2 Å². The molecule has 1 fully saturated rings. The highest BCUT2D eigenvalue weighted by Crippen LogP contribution is 2.32. The number of benzene rings is 1. The summed E-state index contributed by atoms with van der Waals surface area (Å²) in [7, 11) is 1.61. The number of carbonyl (C=O) groups is 1. The molecule has 5 nitrogen and oxygen atoms in total. The number of amides is 1. The molecule has 1 aliphatic rings. The van der Waals surface area contributed by atoms with Crippen LogP contribution in [0.1, 0.15) is 19.3 Å². The lowest BCUT2D eigenvalue weighted by molar-refractivity contribution is -0.119. The molecule has 0 spiro atoms. The zero-order valence-electron chi connectivity index (χ0n) is 10.6. The zero-order valence-corrected chi connectivity index (χ0v) is 10.6. The molecule has 1 heterocycles. The van der Waals surface area contributed by atoms with Crippen LogP contribution in [0.5, 0.6) is 5.75 Å². The third kappa shape index (κ3) is 2.34. The van der Waals surface area contributed by atoms with Crippen molar-refractivity contribution in [1.82, 2.24) is 0 Å². The van der Waals surface area contributed by atoms with Crippen molar-refractivity contribution >= 4 is 17.3 Å². The third-order valence-electron chi connectivity index (χ3n) is 3.38. The van der Waals surface area contributed by atoms with Gasteiger partial charge in [0.15, 0.2) is 0 Å². The van der Waals surface area contributed by atoms with Crippen LogP contribution in [0.15, 0.2) is 18.2 Å². The Labute approximate surface area is 107 Å². The molecule has 2 rings (SSSR count). The second-order valence-corrected chi connectivity index (χ2v) is 4.53. The predicted molar refractivity (Wildman–Crippen MR) is 71.6 cm³/mol. The number of nitrogens with two attached hydrogens (primary N) is 2. The molecule has 5 heteroatoms. The van der Waals surface area contributed by atoms with E-state index in [2.05, 4.69) is 0 Å². The number of primary amides is 1. The molecule has 0 aromatic heterocycles. The van der Waals surface area contributed by atoms with Crippen molar-refractivity contribution < 1.29 is 9.53 Å². The molecule has 1 saturated heterocycles. The van der Waals surface area contributed by atoms with Crippen LogP contribution < -0.4 is 21.1 Å². The van der Waals surface area contributed by atoms with Gasteiger partial charge in [-0.05, 0) is 31.4 Å². The number of carbonyl (C=O) groups excluding carboxylic acids is 1. The van der Waals surface area contributed by atoms with Gasteiger partial charge in [-0.2, -0.15) is 0 Å². The minimum atomic E-state index is -0.295. The van der Waals surface area contributed by atoms with Gasteiger partial charge in [-0.1, -0.05) is 0 Å². The summed E-state index contributed by atoms with van der Waals surface area (Å²) in [4.78, 5) is 13.5. The van der Waals surface area contributed by atoms with Gasteiger partial charge in [-0.3, -0.25) is 4.79 Å². The number of ether oxygens (including phenoxy) is 1. The molecule has 4 N–H and O–H groups in total. The maximum Gasteiger partial charge on any atom is 0.240 e. The van der Waals surface area contributed by atoms with Gasteiger partial charge in [0.25, 0.3) is 0 Å². The first-order valence-electron chi connectivity index (χ1n) is 6.13. The Hall–Kier alpha value is -1.91. The van der Waals surface area contributed by atoms with Crippen molar-refractivity contribution in [3.63, 3.8) is 0 Å². The first-order valence-corrected chi connectivity index (χ1v) is 6.13. The Morgan fingerprint density at radius 3 is 2.89 bits per heavy atom. The van der Waals surface area contributed by atoms with E-state index in [1.807, 2.05) is 17.0 Å². The van der Waals surface area contributed by atoms with Gasteiger partial charge in [0, 0.05) is 12.6 Å². The number of hydrogen-bond donors (Lipinski definition) is 2. The number of nitrogen functional groups attached to an aromatic ring is 1. The first-order chi connectivity index (χ1) is 8.63. The van der Waals surface area contributed by atoms with Crippen LogP contribution in [0.3, 0.4) is 0 Å². The number of rotatable bonds is 3. The fourth-order valence-corrected chi connectivity index (χ4v) is 2.41. The van der Waals surface area contributed by atoms with Crippen molar-refractivity contribution in [2.24, 2.45) is 5.73 Å². The van der Waals surface area contributed by atoms with Gasteiger partial charge in [0.1, 0.15) is 11.8 Å². The Morgan fingerprint density at radius 2 is 2.22 bits per heavy atom. The number of piperidine rings is 1. The highest BCUT2D eigenvalue weighted by Gasteiger charge is 2.28. The molecule has 1 amide bonds. The number of hydrogen-bond acceptors (Lipinski definition) is 4. The van der Waals surface area contributed by atoms with Gasteiger partial charge in [0.2, 0.25) is 5.91 Å². The quantitative estimate of drug-likeness (QED) is 0.786. The summed E-state index contributed by atoms with van der Waals surface area (Å²) < 4.78 is 5.20.